The van der Waals surface area contributed by atoms with E-state index in [4.69, 9.17) is 13.9 Å². The predicted octanol–water partition coefficient (Wildman–Crippen LogP) is 2.75. The van der Waals surface area contributed by atoms with Gasteiger partial charge < -0.3 is 19.2 Å². The maximum absolute atomic E-state index is 13.4. The van der Waals surface area contributed by atoms with Crippen molar-refractivity contribution in [3.8, 4) is 11.5 Å². The molecule has 0 radical (unpaired) electrons. The molecule has 6 nitrogen and oxygen atoms in total. The number of hydrogen-bond donors (Lipinski definition) is 1. The zero-order valence-corrected chi connectivity index (χ0v) is 14.0. The third kappa shape index (κ3) is 3.66. The molecule has 7 heteroatoms. The number of hydrogen-bond acceptors (Lipinski definition) is 5. The average molecular weight is 357 g/mol. The largest absolute Gasteiger partial charge is 0.493 e. The Labute approximate surface area is 148 Å². The van der Waals surface area contributed by atoms with Crippen molar-refractivity contribution >= 4 is 16.9 Å². The maximum Gasteiger partial charge on any atom is 0.349 e. The Bertz CT molecular complexity index is 999. The van der Waals surface area contributed by atoms with Gasteiger partial charge in [0, 0.05) is 5.39 Å². The second kappa shape index (κ2) is 7.69. The molecule has 3 aromatic rings. The fourth-order valence-electron chi connectivity index (χ4n) is 2.42. The van der Waals surface area contributed by atoms with Crippen LogP contribution in [0.4, 0.5) is 4.39 Å². The van der Waals surface area contributed by atoms with Crippen LogP contribution in [0, 0.1) is 5.82 Å². The van der Waals surface area contributed by atoms with Gasteiger partial charge in [0.2, 0.25) is 0 Å². The van der Waals surface area contributed by atoms with E-state index in [2.05, 4.69) is 5.32 Å². The summed E-state index contributed by atoms with van der Waals surface area (Å²) in [6.45, 7) is 0.155. The lowest BCUT2D eigenvalue weighted by molar-refractivity contribution is 0.0943. The van der Waals surface area contributed by atoms with Crippen molar-refractivity contribution in [3.63, 3.8) is 0 Å². The van der Waals surface area contributed by atoms with E-state index in [0.29, 0.717) is 11.1 Å². The summed E-state index contributed by atoms with van der Waals surface area (Å²) in [5.74, 6) is -0.576. The van der Waals surface area contributed by atoms with Gasteiger partial charge >= 0.3 is 5.63 Å². The van der Waals surface area contributed by atoms with Crippen LogP contribution in [-0.2, 0) is 0 Å². The molecule has 1 heterocycles. The first-order chi connectivity index (χ1) is 12.6. The first-order valence-corrected chi connectivity index (χ1v) is 7.86. The topological polar surface area (TPSA) is 77.8 Å². The third-order valence-electron chi connectivity index (χ3n) is 3.67. The van der Waals surface area contributed by atoms with E-state index in [9.17, 15) is 14.0 Å². The molecule has 0 saturated heterocycles. The van der Waals surface area contributed by atoms with Crippen molar-refractivity contribution in [1.82, 2.24) is 5.32 Å². The van der Waals surface area contributed by atoms with E-state index in [1.807, 2.05) is 0 Å². The monoisotopic (exact) mass is 357 g/mol. The van der Waals surface area contributed by atoms with Gasteiger partial charge in [0.05, 0.1) is 13.7 Å². The van der Waals surface area contributed by atoms with E-state index in [1.165, 1.54) is 25.3 Å². The molecular formula is C19H16FNO5. The van der Waals surface area contributed by atoms with Crippen molar-refractivity contribution in [2.45, 2.75) is 0 Å². The second-order valence-corrected chi connectivity index (χ2v) is 5.36. The van der Waals surface area contributed by atoms with Crippen molar-refractivity contribution in [3.05, 3.63) is 70.3 Å². The van der Waals surface area contributed by atoms with Gasteiger partial charge in [0.15, 0.2) is 22.9 Å². The quantitative estimate of drug-likeness (QED) is 0.542. The van der Waals surface area contributed by atoms with Crippen molar-refractivity contribution in [1.29, 1.82) is 0 Å². The normalized spacial score (nSPS) is 10.5. The molecule has 3 rings (SSSR count). The lowest BCUT2D eigenvalue weighted by atomic mass is 10.1. The number of ether oxygens (including phenoxy) is 2. The number of rotatable bonds is 6. The summed E-state index contributed by atoms with van der Waals surface area (Å²) in [7, 11) is 1.46. The minimum absolute atomic E-state index is 0.0550. The molecule has 0 aliphatic heterocycles. The highest BCUT2D eigenvalue weighted by Crippen LogP contribution is 2.24. The summed E-state index contributed by atoms with van der Waals surface area (Å²) in [5.41, 5.74) is -0.620. The van der Waals surface area contributed by atoms with Crippen molar-refractivity contribution < 1.29 is 23.1 Å². The zero-order valence-electron chi connectivity index (χ0n) is 14.0. The molecule has 134 valence electrons. The molecular weight excluding hydrogens is 341 g/mol. The molecule has 0 atom stereocenters. The average Bonchev–Trinajstić information content (AvgIpc) is 2.65. The number of halogens is 1. The smallest absolute Gasteiger partial charge is 0.349 e. The summed E-state index contributed by atoms with van der Waals surface area (Å²) < 4.78 is 29.0. The highest BCUT2D eigenvalue weighted by Gasteiger charge is 2.15. The maximum atomic E-state index is 13.4. The van der Waals surface area contributed by atoms with Gasteiger partial charge in [-0.15, -0.1) is 0 Å². The standard InChI is InChI=1S/C19H16FNO5/c1-24-16-8-4-5-12-11-13(19(23)26-17(12)16)18(22)21-9-10-25-15-7-3-2-6-14(15)20/h2-8,11H,9-10H2,1H3,(H,21,22). The van der Waals surface area contributed by atoms with E-state index < -0.39 is 17.3 Å². The van der Waals surface area contributed by atoms with Gasteiger partial charge in [0.25, 0.3) is 5.91 Å². The van der Waals surface area contributed by atoms with Crippen LogP contribution in [0.3, 0.4) is 0 Å². The molecule has 0 fully saturated rings. The molecule has 1 aromatic heterocycles. The Balaban J connectivity index is 1.67. The van der Waals surface area contributed by atoms with Gasteiger partial charge in [-0.25, -0.2) is 9.18 Å². The Morgan fingerprint density at radius 1 is 1.15 bits per heavy atom. The Morgan fingerprint density at radius 2 is 1.92 bits per heavy atom. The lowest BCUT2D eigenvalue weighted by Crippen LogP contribution is -2.31. The van der Waals surface area contributed by atoms with Gasteiger partial charge in [0.1, 0.15) is 12.2 Å². The van der Waals surface area contributed by atoms with Crippen molar-refractivity contribution in [2.75, 3.05) is 20.3 Å². The lowest BCUT2D eigenvalue weighted by Gasteiger charge is -2.09. The number of fused-ring (bicyclic) bond motifs is 1. The molecule has 0 bridgehead atoms. The highest BCUT2D eigenvalue weighted by molar-refractivity contribution is 5.97. The third-order valence-corrected chi connectivity index (χ3v) is 3.67. The first-order valence-electron chi connectivity index (χ1n) is 7.86. The summed E-state index contributed by atoms with van der Waals surface area (Å²) in [5, 5.41) is 3.11. The van der Waals surface area contributed by atoms with E-state index in [-0.39, 0.29) is 30.0 Å². The molecule has 0 aliphatic rings. The number of nitrogens with one attached hydrogen (secondary N) is 1. The molecule has 0 spiro atoms. The molecule has 0 unspecified atom stereocenters. The fourth-order valence-corrected chi connectivity index (χ4v) is 2.42. The first kappa shape index (κ1) is 17.5. The molecule has 1 amide bonds. The molecule has 26 heavy (non-hydrogen) atoms. The summed E-state index contributed by atoms with van der Waals surface area (Å²) in [4.78, 5) is 24.3. The predicted molar refractivity (Wildman–Crippen MR) is 93.3 cm³/mol. The van der Waals surface area contributed by atoms with Crippen LogP contribution in [0.15, 0.2) is 57.7 Å². The van der Waals surface area contributed by atoms with Crippen LogP contribution >= 0.6 is 0 Å². The molecule has 2 aromatic carbocycles. The van der Waals surface area contributed by atoms with Gasteiger partial charge in [-0.3, -0.25) is 4.79 Å². The Morgan fingerprint density at radius 3 is 2.69 bits per heavy atom. The summed E-state index contributed by atoms with van der Waals surface area (Å²) in [6, 6.07) is 12.5. The number of carbonyl (C=O) groups excluding carboxylic acids is 1. The number of methoxy groups -OCH3 is 1. The minimum Gasteiger partial charge on any atom is -0.493 e. The van der Waals surface area contributed by atoms with Gasteiger partial charge in [-0.05, 0) is 24.3 Å². The molecule has 1 N–H and O–H groups in total. The number of para-hydroxylation sites is 2. The van der Waals surface area contributed by atoms with E-state index in [1.54, 1.807) is 30.3 Å². The number of benzene rings is 2. The van der Waals surface area contributed by atoms with Crippen LogP contribution in [0.1, 0.15) is 10.4 Å². The van der Waals surface area contributed by atoms with Crippen LogP contribution in [-0.4, -0.2) is 26.2 Å². The zero-order chi connectivity index (χ0) is 18.5. The van der Waals surface area contributed by atoms with Gasteiger partial charge in [-0.1, -0.05) is 24.3 Å². The Kier molecular flexibility index (Phi) is 5.17. The van der Waals surface area contributed by atoms with Crippen LogP contribution < -0.4 is 20.4 Å². The fraction of sp³-hybridized carbons (Fsp3) is 0.158. The number of carbonyl (C=O) groups is 1. The SMILES string of the molecule is COc1cccc2cc(C(=O)NCCOc3ccccc3F)c(=O)oc12. The summed E-state index contributed by atoms with van der Waals surface area (Å²) >= 11 is 0. The van der Waals surface area contributed by atoms with Crippen LogP contribution in [0.5, 0.6) is 11.5 Å². The minimum atomic E-state index is -0.769. The summed E-state index contributed by atoms with van der Waals surface area (Å²) in [6.07, 6.45) is 0. The number of amides is 1. The Hall–Kier alpha value is -3.35. The van der Waals surface area contributed by atoms with Gasteiger partial charge in [-0.2, -0.15) is 0 Å². The van der Waals surface area contributed by atoms with Crippen LogP contribution in [0.2, 0.25) is 0 Å². The van der Waals surface area contributed by atoms with E-state index in [0.717, 1.165) is 0 Å². The second-order valence-electron chi connectivity index (χ2n) is 5.36. The highest BCUT2D eigenvalue weighted by atomic mass is 19.1. The van der Waals surface area contributed by atoms with Crippen molar-refractivity contribution in [2.24, 2.45) is 0 Å². The molecule has 0 aliphatic carbocycles. The molecule has 0 saturated carbocycles. The van der Waals surface area contributed by atoms with Crippen LogP contribution in [0.25, 0.3) is 11.0 Å². The van der Waals surface area contributed by atoms with E-state index >= 15 is 0 Å².